The van der Waals surface area contributed by atoms with Crippen molar-refractivity contribution in [1.82, 2.24) is 4.90 Å². The fourth-order valence-corrected chi connectivity index (χ4v) is 5.20. The molecule has 2 aliphatic rings. The minimum Gasteiger partial charge on any atom is -0.493 e. The van der Waals surface area contributed by atoms with E-state index in [4.69, 9.17) is 16.0 Å². The van der Waals surface area contributed by atoms with E-state index in [9.17, 15) is 18.3 Å². The maximum atomic E-state index is 13.3. The molecule has 0 atom stereocenters. The number of piperidine rings is 1. The number of aliphatic hydroxyl groups is 1. The quantitative estimate of drug-likeness (QED) is 0.491. The lowest BCUT2D eigenvalue weighted by atomic mass is 9.88. The Morgan fingerprint density at radius 2 is 1.70 bits per heavy atom. The van der Waals surface area contributed by atoms with Crippen LogP contribution in [0, 0.1) is 20.4 Å². The molecule has 9 heteroatoms. The molecular weight excluding hydrogens is 483 g/mol. The van der Waals surface area contributed by atoms with Crippen LogP contribution in [0.4, 0.5) is 24.5 Å². The fraction of sp³-hybridized carbons (Fsp3) is 0.536. The van der Waals surface area contributed by atoms with E-state index in [1.165, 1.54) is 11.6 Å². The number of morpholine rings is 1. The first-order chi connectivity index (χ1) is 17.6. The van der Waals surface area contributed by atoms with E-state index in [0.29, 0.717) is 44.6 Å². The summed E-state index contributed by atoms with van der Waals surface area (Å²) in [7, 11) is 0. The van der Waals surface area contributed by atoms with E-state index in [-0.39, 0.29) is 0 Å². The van der Waals surface area contributed by atoms with Crippen LogP contribution in [0.25, 0.3) is 4.85 Å². The molecule has 2 saturated heterocycles. The van der Waals surface area contributed by atoms with Gasteiger partial charge in [-0.3, -0.25) is 4.90 Å². The molecule has 2 heterocycles. The standard InChI is InChI=1S/C28H34F3N3O3/c1-20-16-22(19-33-11-14-36-15-12-33)17-21(2)26(20)37-13-8-27(35)6-9-34(10-7-27)23-4-5-25(32-3)24(18-23)28(29,30)31/h4-5,16-18,35H,6-15,19H2,1-2H3. The third-order valence-corrected chi connectivity index (χ3v) is 7.31. The van der Waals surface area contributed by atoms with Gasteiger partial charge in [-0.15, -0.1) is 0 Å². The molecular formula is C28H34F3N3O3. The lowest BCUT2D eigenvalue weighted by Gasteiger charge is -2.39. The van der Waals surface area contributed by atoms with Gasteiger partial charge in [-0.1, -0.05) is 18.2 Å². The van der Waals surface area contributed by atoms with Gasteiger partial charge in [0.05, 0.1) is 37.6 Å². The van der Waals surface area contributed by atoms with Crippen molar-refractivity contribution in [3.8, 4) is 5.75 Å². The smallest absolute Gasteiger partial charge is 0.407 e. The van der Waals surface area contributed by atoms with Crippen LogP contribution in [0.15, 0.2) is 30.3 Å². The second kappa shape index (κ2) is 11.3. The van der Waals surface area contributed by atoms with E-state index in [1.807, 2.05) is 18.7 Å². The minimum absolute atomic E-state index is 0.360. The normalized spacial score (nSPS) is 18.5. The average Bonchev–Trinajstić information content (AvgIpc) is 2.86. The van der Waals surface area contributed by atoms with E-state index < -0.39 is 23.0 Å². The third-order valence-electron chi connectivity index (χ3n) is 7.31. The highest BCUT2D eigenvalue weighted by atomic mass is 19.4. The Hall–Kier alpha value is -2.80. The largest absolute Gasteiger partial charge is 0.493 e. The Morgan fingerprint density at radius 3 is 2.30 bits per heavy atom. The highest BCUT2D eigenvalue weighted by Gasteiger charge is 2.36. The second-order valence-corrected chi connectivity index (χ2v) is 10.1. The molecule has 2 aliphatic heterocycles. The molecule has 37 heavy (non-hydrogen) atoms. The highest BCUT2D eigenvalue weighted by Crippen LogP contribution is 2.40. The first-order valence-electron chi connectivity index (χ1n) is 12.7. The van der Waals surface area contributed by atoms with E-state index in [0.717, 1.165) is 55.8 Å². The summed E-state index contributed by atoms with van der Waals surface area (Å²) >= 11 is 0. The van der Waals surface area contributed by atoms with Crippen LogP contribution in [-0.2, 0) is 17.5 Å². The molecule has 0 bridgehead atoms. The summed E-state index contributed by atoms with van der Waals surface area (Å²) in [5.41, 5.74) is 1.53. The van der Waals surface area contributed by atoms with Crippen molar-refractivity contribution in [1.29, 1.82) is 0 Å². The van der Waals surface area contributed by atoms with E-state index in [2.05, 4.69) is 21.9 Å². The SMILES string of the molecule is [C-]#[N+]c1ccc(N2CCC(O)(CCOc3c(C)cc(CN4CCOCC4)cc3C)CC2)cc1C(F)(F)F. The highest BCUT2D eigenvalue weighted by molar-refractivity contribution is 5.62. The molecule has 2 aromatic carbocycles. The van der Waals surface area contributed by atoms with Crippen LogP contribution in [0.3, 0.4) is 0 Å². The van der Waals surface area contributed by atoms with Gasteiger partial charge in [0.25, 0.3) is 0 Å². The molecule has 2 fully saturated rings. The summed E-state index contributed by atoms with van der Waals surface area (Å²) in [5, 5.41) is 11.1. The van der Waals surface area contributed by atoms with Crippen LogP contribution < -0.4 is 9.64 Å². The topological polar surface area (TPSA) is 49.5 Å². The summed E-state index contributed by atoms with van der Waals surface area (Å²) < 4.78 is 51.6. The van der Waals surface area contributed by atoms with Gasteiger partial charge in [0, 0.05) is 44.8 Å². The zero-order valence-corrected chi connectivity index (χ0v) is 21.4. The second-order valence-electron chi connectivity index (χ2n) is 10.1. The van der Waals surface area contributed by atoms with Crippen molar-refractivity contribution in [2.24, 2.45) is 0 Å². The molecule has 0 spiro atoms. The number of anilines is 1. The molecule has 0 aromatic heterocycles. The summed E-state index contributed by atoms with van der Waals surface area (Å²) in [6, 6.07) is 8.11. The van der Waals surface area contributed by atoms with Crippen molar-refractivity contribution in [2.75, 3.05) is 50.9 Å². The predicted octanol–water partition coefficient (Wildman–Crippen LogP) is 5.51. The number of alkyl halides is 3. The number of hydrogen-bond donors (Lipinski definition) is 1. The average molecular weight is 518 g/mol. The van der Waals surface area contributed by atoms with Crippen molar-refractivity contribution in [3.05, 3.63) is 64.0 Å². The number of ether oxygens (including phenoxy) is 2. The van der Waals surface area contributed by atoms with Gasteiger partial charge in [0.1, 0.15) is 5.75 Å². The number of benzene rings is 2. The zero-order chi connectivity index (χ0) is 26.6. The van der Waals surface area contributed by atoms with Crippen LogP contribution in [-0.4, -0.2) is 61.6 Å². The summed E-state index contributed by atoms with van der Waals surface area (Å²) in [5.74, 6) is 0.839. The summed E-state index contributed by atoms with van der Waals surface area (Å²) in [6.07, 6.45) is -3.28. The maximum absolute atomic E-state index is 13.3. The first kappa shape index (κ1) is 27.2. The zero-order valence-electron chi connectivity index (χ0n) is 21.4. The van der Waals surface area contributed by atoms with Crippen molar-refractivity contribution < 1.29 is 27.8 Å². The third kappa shape index (κ3) is 6.75. The fourth-order valence-electron chi connectivity index (χ4n) is 5.20. The molecule has 2 aromatic rings. The van der Waals surface area contributed by atoms with Crippen LogP contribution in [0.1, 0.15) is 41.5 Å². The Labute approximate surface area is 216 Å². The molecule has 4 rings (SSSR count). The molecule has 0 radical (unpaired) electrons. The lowest BCUT2D eigenvalue weighted by molar-refractivity contribution is -0.136. The van der Waals surface area contributed by atoms with Crippen molar-refractivity contribution in [3.63, 3.8) is 0 Å². The van der Waals surface area contributed by atoms with Gasteiger partial charge in [0.2, 0.25) is 0 Å². The molecule has 1 N–H and O–H groups in total. The van der Waals surface area contributed by atoms with E-state index >= 15 is 0 Å². The van der Waals surface area contributed by atoms with Crippen LogP contribution in [0.2, 0.25) is 0 Å². The van der Waals surface area contributed by atoms with Gasteiger partial charge >= 0.3 is 6.18 Å². The van der Waals surface area contributed by atoms with Crippen molar-refractivity contribution >= 4 is 11.4 Å². The van der Waals surface area contributed by atoms with Gasteiger partial charge in [-0.2, -0.15) is 13.2 Å². The molecule has 0 unspecified atom stereocenters. The Kier molecular flexibility index (Phi) is 8.32. The number of halogens is 3. The first-order valence-corrected chi connectivity index (χ1v) is 12.7. The maximum Gasteiger partial charge on any atom is 0.407 e. The van der Waals surface area contributed by atoms with Crippen LogP contribution in [0.5, 0.6) is 5.75 Å². The van der Waals surface area contributed by atoms with Crippen molar-refractivity contribution in [2.45, 2.75) is 51.4 Å². The molecule has 0 amide bonds. The summed E-state index contributed by atoms with van der Waals surface area (Å²) in [6.45, 7) is 16.6. The molecule has 6 nitrogen and oxygen atoms in total. The van der Waals surface area contributed by atoms with Gasteiger partial charge in [0.15, 0.2) is 5.69 Å². The lowest BCUT2D eigenvalue weighted by Crippen LogP contribution is -2.45. The predicted molar refractivity (Wildman–Crippen MR) is 136 cm³/mol. The van der Waals surface area contributed by atoms with Crippen LogP contribution >= 0.6 is 0 Å². The number of rotatable bonds is 7. The number of aryl methyl sites for hydroxylation is 2. The van der Waals surface area contributed by atoms with Gasteiger partial charge < -0.3 is 19.5 Å². The number of hydrogen-bond acceptors (Lipinski definition) is 5. The Balaban J connectivity index is 1.31. The minimum atomic E-state index is -4.58. The molecule has 0 saturated carbocycles. The van der Waals surface area contributed by atoms with E-state index in [1.54, 1.807) is 6.07 Å². The Morgan fingerprint density at radius 1 is 1.05 bits per heavy atom. The van der Waals surface area contributed by atoms with Gasteiger partial charge in [-0.25, -0.2) is 4.85 Å². The summed E-state index contributed by atoms with van der Waals surface area (Å²) in [4.78, 5) is 7.21. The van der Waals surface area contributed by atoms with Gasteiger partial charge in [-0.05, 0) is 55.5 Å². The molecule has 0 aliphatic carbocycles. The Bertz CT molecular complexity index is 1110. The molecule has 200 valence electrons. The number of nitrogens with zero attached hydrogens (tertiary/aromatic N) is 3. The monoisotopic (exact) mass is 517 g/mol.